The van der Waals surface area contributed by atoms with E-state index in [1.54, 1.807) is 36.9 Å². The SMILES string of the molecule is CC(C)NC(=O)C(=O)NCCN1CCN(C(=O)c2ccc(Cl)cc2Cl)CC1. The number of nitrogens with zero attached hydrogens (tertiary/aromatic N) is 2. The molecular formula is C18H24Cl2N4O3. The summed E-state index contributed by atoms with van der Waals surface area (Å²) in [4.78, 5) is 39.7. The van der Waals surface area contributed by atoms with Gasteiger partial charge < -0.3 is 15.5 Å². The van der Waals surface area contributed by atoms with Gasteiger partial charge in [-0.15, -0.1) is 0 Å². The Hall–Kier alpha value is -1.83. The van der Waals surface area contributed by atoms with Crippen LogP contribution in [-0.4, -0.2) is 72.8 Å². The van der Waals surface area contributed by atoms with Crippen molar-refractivity contribution in [2.75, 3.05) is 39.3 Å². The number of piperazine rings is 1. The molecule has 0 aromatic heterocycles. The van der Waals surface area contributed by atoms with Crippen LogP contribution in [0.1, 0.15) is 24.2 Å². The highest BCUT2D eigenvalue weighted by Crippen LogP contribution is 2.22. The largest absolute Gasteiger partial charge is 0.347 e. The fourth-order valence-corrected chi connectivity index (χ4v) is 3.23. The predicted molar refractivity (Wildman–Crippen MR) is 105 cm³/mol. The number of amides is 3. The molecule has 0 radical (unpaired) electrons. The van der Waals surface area contributed by atoms with Crippen LogP contribution in [0.4, 0.5) is 0 Å². The average Bonchev–Trinajstić information content (AvgIpc) is 2.61. The molecule has 7 nitrogen and oxygen atoms in total. The maximum Gasteiger partial charge on any atom is 0.309 e. The molecule has 27 heavy (non-hydrogen) atoms. The third kappa shape index (κ3) is 6.37. The zero-order chi connectivity index (χ0) is 20.0. The van der Waals surface area contributed by atoms with Gasteiger partial charge in [-0.25, -0.2) is 0 Å². The van der Waals surface area contributed by atoms with Gasteiger partial charge in [-0.3, -0.25) is 19.3 Å². The number of carbonyl (C=O) groups excluding carboxylic acids is 3. The molecule has 9 heteroatoms. The van der Waals surface area contributed by atoms with Crippen molar-refractivity contribution in [1.29, 1.82) is 0 Å². The monoisotopic (exact) mass is 414 g/mol. The zero-order valence-electron chi connectivity index (χ0n) is 15.4. The molecule has 2 N–H and O–H groups in total. The highest BCUT2D eigenvalue weighted by Gasteiger charge is 2.23. The van der Waals surface area contributed by atoms with Crippen molar-refractivity contribution in [2.45, 2.75) is 19.9 Å². The van der Waals surface area contributed by atoms with Crippen LogP contribution >= 0.6 is 23.2 Å². The van der Waals surface area contributed by atoms with E-state index in [4.69, 9.17) is 23.2 Å². The number of nitrogens with one attached hydrogen (secondary N) is 2. The Kier molecular flexibility index (Phi) is 7.89. The molecule has 1 aromatic carbocycles. The highest BCUT2D eigenvalue weighted by atomic mass is 35.5. The molecule has 0 unspecified atom stereocenters. The minimum absolute atomic E-state index is 0.0805. The number of hydrogen-bond donors (Lipinski definition) is 2. The molecule has 3 amide bonds. The molecule has 2 rings (SSSR count). The van der Waals surface area contributed by atoms with Gasteiger partial charge in [0, 0.05) is 50.3 Å². The summed E-state index contributed by atoms with van der Waals surface area (Å²) in [5.74, 6) is -1.37. The molecular weight excluding hydrogens is 391 g/mol. The van der Waals surface area contributed by atoms with Crippen molar-refractivity contribution in [3.63, 3.8) is 0 Å². The molecule has 0 saturated carbocycles. The number of benzene rings is 1. The standard InChI is InChI=1S/C18H24Cl2N4O3/c1-12(2)22-17(26)16(25)21-5-6-23-7-9-24(10-8-23)18(27)14-4-3-13(19)11-15(14)20/h3-4,11-12H,5-10H2,1-2H3,(H,21,25)(H,22,26). The molecule has 1 aliphatic heterocycles. The van der Waals surface area contributed by atoms with Crippen LogP contribution in [0.2, 0.25) is 10.0 Å². The van der Waals surface area contributed by atoms with Gasteiger partial charge in [0.25, 0.3) is 5.91 Å². The van der Waals surface area contributed by atoms with E-state index in [9.17, 15) is 14.4 Å². The van der Waals surface area contributed by atoms with Gasteiger partial charge in [-0.05, 0) is 32.0 Å². The first-order valence-electron chi connectivity index (χ1n) is 8.83. The first kappa shape index (κ1) is 21.5. The summed E-state index contributed by atoms with van der Waals surface area (Å²) in [6.45, 7) is 7.09. The minimum atomic E-state index is -0.630. The third-order valence-corrected chi connectivity index (χ3v) is 4.71. The van der Waals surface area contributed by atoms with E-state index in [0.29, 0.717) is 54.9 Å². The van der Waals surface area contributed by atoms with Gasteiger partial charge in [0.1, 0.15) is 0 Å². The first-order chi connectivity index (χ1) is 12.8. The lowest BCUT2D eigenvalue weighted by Gasteiger charge is -2.34. The van der Waals surface area contributed by atoms with Gasteiger partial charge in [0.15, 0.2) is 0 Å². The second kappa shape index (κ2) is 9.92. The summed E-state index contributed by atoms with van der Waals surface area (Å²) >= 11 is 12.0. The smallest absolute Gasteiger partial charge is 0.309 e. The molecule has 1 aromatic rings. The number of rotatable bonds is 5. The van der Waals surface area contributed by atoms with E-state index >= 15 is 0 Å². The first-order valence-corrected chi connectivity index (χ1v) is 9.59. The van der Waals surface area contributed by atoms with Crippen LogP contribution in [0.15, 0.2) is 18.2 Å². The van der Waals surface area contributed by atoms with E-state index in [0.717, 1.165) is 0 Å². The summed E-state index contributed by atoms with van der Waals surface area (Å²) in [6.07, 6.45) is 0. The van der Waals surface area contributed by atoms with E-state index in [1.807, 2.05) is 0 Å². The Labute approximate surface area is 169 Å². The molecule has 1 aliphatic rings. The van der Waals surface area contributed by atoms with Crippen LogP contribution in [0.5, 0.6) is 0 Å². The van der Waals surface area contributed by atoms with Gasteiger partial charge >= 0.3 is 11.8 Å². The van der Waals surface area contributed by atoms with Gasteiger partial charge in [-0.1, -0.05) is 23.2 Å². The third-order valence-electron chi connectivity index (χ3n) is 4.16. The van der Waals surface area contributed by atoms with Crippen molar-refractivity contribution in [3.05, 3.63) is 33.8 Å². The Morgan fingerprint density at radius 1 is 1.07 bits per heavy atom. The van der Waals surface area contributed by atoms with Crippen LogP contribution in [0.25, 0.3) is 0 Å². The van der Waals surface area contributed by atoms with Crippen molar-refractivity contribution < 1.29 is 14.4 Å². The predicted octanol–water partition coefficient (Wildman–Crippen LogP) is 1.39. The Bertz CT molecular complexity index is 704. The lowest BCUT2D eigenvalue weighted by molar-refractivity contribution is -0.139. The normalized spacial score (nSPS) is 14.9. The van der Waals surface area contributed by atoms with Crippen LogP contribution in [0.3, 0.4) is 0 Å². The van der Waals surface area contributed by atoms with Gasteiger partial charge in [-0.2, -0.15) is 0 Å². The van der Waals surface area contributed by atoms with Crippen molar-refractivity contribution in [2.24, 2.45) is 0 Å². The molecule has 148 valence electrons. The van der Waals surface area contributed by atoms with Crippen molar-refractivity contribution >= 4 is 40.9 Å². The molecule has 0 spiro atoms. The average molecular weight is 415 g/mol. The number of carbonyl (C=O) groups is 3. The summed E-state index contributed by atoms with van der Waals surface area (Å²) in [6, 6.07) is 4.76. The number of hydrogen-bond acceptors (Lipinski definition) is 4. The van der Waals surface area contributed by atoms with Crippen LogP contribution < -0.4 is 10.6 Å². The molecule has 1 saturated heterocycles. The summed E-state index contributed by atoms with van der Waals surface area (Å²) in [5, 5.41) is 5.99. The van der Waals surface area contributed by atoms with E-state index < -0.39 is 11.8 Å². The Morgan fingerprint density at radius 2 is 1.74 bits per heavy atom. The quantitative estimate of drug-likeness (QED) is 0.713. The topological polar surface area (TPSA) is 81.8 Å². The minimum Gasteiger partial charge on any atom is -0.347 e. The van der Waals surface area contributed by atoms with E-state index in [1.165, 1.54) is 0 Å². The van der Waals surface area contributed by atoms with Crippen molar-refractivity contribution in [1.82, 2.24) is 20.4 Å². The molecule has 1 fully saturated rings. The van der Waals surface area contributed by atoms with E-state index in [-0.39, 0.29) is 11.9 Å². The number of halogens is 2. The zero-order valence-corrected chi connectivity index (χ0v) is 16.9. The second-order valence-electron chi connectivity index (χ2n) is 6.64. The lowest BCUT2D eigenvalue weighted by Crippen LogP contribution is -2.51. The summed E-state index contributed by atoms with van der Waals surface area (Å²) in [5.41, 5.74) is 0.443. The lowest BCUT2D eigenvalue weighted by atomic mass is 10.2. The van der Waals surface area contributed by atoms with Gasteiger partial charge in [0.05, 0.1) is 10.6 Å². The Balaban J connectivity index is 1.74. The van der Waals surface area contributed by atoms with Crippen molar-refractivity contribution in [3.8, 4) is 0 Å². The molecule has 0 aliphatic carbocycles. The highest BCUT2D eigenvalue weighted by molar-refractivity contribution is 6.36. The Morgan fingerprint density at radius 3 is 2.33 bits per heavy atom. The molecule has 0 atom stereocenters. The van der Waals surface area contributed by atoms with Crippen LogP contribution in [0, 0.1) is 0 Å². The maximum absolute atomic E-state index is 12.6. The molecule has 0 bridgehead atoms. The fraction of sp³-hybridized carbons (Fsp3) is 0.500. The van der Waals surface area contributed by atoms with Gasteiger partial charge in [0.2, 0.25) is 0 Å². The molecule has 1 heterocycles. The van der Waals surface area contributed by atoms with Crippen LogP contribution in [-0.2, 0) is 9.59 Å². The summed E-state index contributed by atoms with van der Waals surface area (Å²) < 4.78 is 0. The summed E-state index contributed by atoms with van der Waals surface area (Å²) in [7, 11) is 0. The van der Waals surface area contributed by atoms with E-state index in [2.05, 4.69) is 15.5 Å². The maximum atomic E-state index is 12.6. The fourth-order valence-electron chi connectivity index (χ4n) is 2.74. The second-order valence-corrected chi connectivity index (χ2v) is 7.49.